The summed E-state index contributed by atoms with van der Waals surface area (Å²) in [6.07, 6.45) is 5.53. The van der Waals surface area contributed by atoms with E-state index in [4.69, 9.17) is 4.74 Å². The topological polar surface area (TPSA) is 70.9 Å². The molecule has 0 unspecified atom stereocenters. The van der Waals surface area contributed by atoms with E-state index in [9.17, 15) is 9.59 Å². The Hall–Kier alpha value is -2.87. The first kappa shape index (κ1) is 23.3. The van der Waals surface area contributed by atoms with E-state index in [1.165, 1.54) is 0 Å². The summed E-state index contributed by atoms with van der Waals surface area (Å²) >= 11 is 0. The Morgan fingerprint density at radius 3 is 2.27 bits per heavy atom. The van der Waals surface area contributed by atoms with Crippen molar-refractivity contribution in [3.63, 3.8) is 0 Å². The minimum atomic E-state index is -0.266. The van der Waals surface area contributed by atoms with E-state index >= 15 is 0 Å². The van der Waals surface area contributed by atoms with Crippen LogP contribution in [0.15, 0.2) is 42.7 Å². The molecular formula is C25H35N5O3. The molecule has 178 valence electrons. The van der Waals surface area contributed by atoms with Crippen LogP contribution in [0.5, 0.6) is 5.75 Å². The van der Waals surface area contributed by atoms with Crippen LogP contribution in [0, 0.1) is 12.3 Å². The molecule has 1 aromatic carbocycles. The van der Waals surface area contributed by atoms with Crippen LogP contribution in [0.25, 0.3) is 0 Å². The Bertz CT molecular complexity index is 929. The van der Waals surface area contributed by atoms with Gasteiger partial charge >= 0.3 is 0 Å². The van der Waals surface area contributed by atoms with E-state index in [1.54, 1.807) is 6.20 Å². The van der Waals surface area contributed by atoms with Crippen LogP contribution in [-0.4, -0.2) is 89.0 Å². The number of aromatic nitrogens is 2. The lowest BCUT2D eigenvalue weighted by molar-refractivity contribution is -0.139. The van der Waals surface area contributed by atoms with Crippen LogP contribution in [0.1, 0.15) is 25.1 Å². The number of amides is 2. The Morgan fingerprint density at radius 1 is 0.970 bits per heavy atom. The quantitative estimate of drug-likeness (QED) is 0.642. The minimum absolute atomic E-state index is 0.0964. The first-order valence-corrected chi connectivity index (χ1v) is 11.8. The molecule has 0 aliphatic carbocycles. The van der Waals surface area contributed by atoms with Crippen molar-refractivity contribution in [2.75, 3.05) is 52.9 Å². The summed E-state index contributed by atoms with van der Waals surface area (Å²) in [7, 11) is 2.09. The fraction of sp³-hybridized carbons (Fsp3) is 0.560. The standard InChI is InChI=1S/C25H35N5O3/c1-21-26-10-13-30(21)19-24(32)28-11-8-25(9-12-28,20-33-22-6-4-3-5-7-22)18-23(31)29-16-14-27(2)15-17-29/h3-7,10,13H,8-9,11-12,14-20H2,1-2H3. The lowest BCUT2D eigenvalue weighted by Gasteiger charge is -2.42. The summed E-state index contributed by atoms with van der Waals surface area (Å²) in [5.41, 5.74) is -0.266. The molecule has 2 aromatic rings. The van der Waals surface area contributed by atoms with Crippen LogP contribution < -0.4 is 4.74 Å². The molecule has 2 aliphatic heterocycles. The SMILES string of the molecule is Cc1nccn1CC(=O)N1CCC(COc2ccccc2)(CC(=O)N2CCN(C)CC2)CC1. The first-order valence-electron chi connectivity index (χ1n) is 11.8. The smallest absolute Gasteiger partial charge is 0.242 e. The highest BCUT2D eigenvalue weighted by Crippen LogP contribution is 2.37. The molecule has 4 rings (SSSR count). The third kappa shape index (κ3) is 5.93. The number of likely N-dealkylation sites (N-methyl/N-ethyl adjacent to an activating group) is 1. The Morgan fingerprint density at radius 2 is 1.64 bits per heavy atom. The molecule has 0 radical (unpaired) electrons. The Labute approximate surface area is 196 Å². The number of benzene rings is 1. The van der Waals surface area contributed by atoms with Crippen LogP contribution in [0.3, 0.4) is 0 Å². The first-order chi connectivity index (χ1) is 15.9. The van der Waals surface area contributed by atoms with Crippen molar-refractivity contribution in [3.8, 4) is 5.75 Å². The highest BCUT2D eigenvalue weighted by Gasteiger charge is 2.40. The second kappa shape index (κ2) is 10.4. The van der Waals surface area contributed by atoms with Gasteiger partial charge in [-0.2, -0.15) is 0 Å². The lowest BCUT2D eigenvalue weighted by atomic mass is 9.75. The lowest BCUT2D eigenvalue weighted by Crippen LogP contribution is -2.51. The summed E-state index contributed by atoms with van der Waals surface area (Å²) in [5.74, 6) is 1.95. The van der Waals surface area contributed by atoms with Gasteiger partial charge in [0, 0.05) is 63.5 Å². The van der Waals surface area contributed by atoms with Gasteiger partial charge in [0.1, 0.15) is 18.1 Å². The monoisotopic (exact) mass is 453 g/mol. The fourth-order valence-electron chi connectivity index (χ4n) is 4.66. The van der Waals surface area contributed by atoms with Crippen molar-refractivity contribution < 1.29 is 14.3 Å². The maximum absolute atomic E-state index is 13.2. The third-order valence-electron chi connectivity index (χ3n) is 7.08. The van der Waals surface area contributed by atoms with Gasteiger partial charge in [0.2, 0.25) is 11.8 Å². The van der Waals surface area contributed by atoms with E-state index in [0.717, 1.165) is 50.6 Å². The molecule has 3 heterocycles. The van der Waals surface area contributed by atoms with Crippen LogP contribution >= 0.6 is 0 Å². The Kier molecular flexibility index (Phi) is 7.33. The number of rotatable bonds is 7. The number of carbonyl (C=O) groups is 2. The van der Waals surface area contributed by atoms with Crippen molar-refractivity contribution in [3.05, 3.63) is 48.5 Å². The van der Waals surface area contributed by atoms with Crippen molar-refractivity contribution in [2.45, 2.75) is 32.7 Å². The number of piperidine rings is 1. The number of likely N-dealkylation sites (tertiary alicyclic amines) is 1. The molecule has 0 N–H and O–H groups in total. The second-order valence-corrected chi connectivity index (χ2v) is 9.45. The zero-order valence-electron chi connectivity index (χ0n) is 19.8. The van der Waals surface area contributed by atoms with Gasteiger partial charge in [-0.3, -0.25) is 9.59 Å². The number of hydrogen-bond acceptors (Lipinski definition) is 5. The number of hydrogen-bond donors (Lipinski definition) is 0. The Balaban J connectivity index is 1.40. The fourth-order valence-corrected chi connectivity index (χ4v) is 4.66. The van der Waals surface area contributed by atoms with E-state index in [-0.39, 0.29) is 17.2 Å². The number of imidazole rings is 1. The molecule has 0 atom stereocenters. The zero-order valence-corrected chi connectivity index (χ0v) is 19.8. The van der Waals surface area contributed by atoms with Crippen molar-refractivity contribution in [1.82, 2.24) is 24.3 Å². The van der Waals surface area contributed by atoms with Crippen molar-refractivity contribution >= 4 is 11.8 Å². The summed E-state index contributed by atoms with van der Waals surface area (Å²) in [4.78, 5) is 36.5. The molecule has 0 saturated carbocycles. The summed E-state index contributed by atoms with van der Waals surface area (Å²) in [5, 5.41) is 0. The molecule has 2 amide bonds. The number of nitrogens with zero attached hydrogens (tertiary/aromatic N) is 5. The number of para-hydroxylation sites is 1. The largest absolute Gasteiger partial charge is 0.493 e. The van der Waals surface area contributed by atoms with Gasteiger partial charge in [-0.05, 0) is 38.9 Å². The van der Waals surface area contributed by atoms with Gasteiger partial charge in [0.15, 0.2) is 0 Å². The molecule has 2 aliphatic rings. The number of carbonyl (C=O) groups excluding carboxylic acids is 2. The van der Waals surface area contributed by atoms with Gasteiger partial charge in [-0.15, -0.1) is 0 Å². The zero-order chi connectivity index (χ0) is 23.3. The molecule has 0 bridgehead atoms. The predicted octanol–water partition coefficient (Wildman–Crippen LogP) is 2.04. The normalized spacial score (nSPS) is 18.8. The number of aryl methyl sites for hydroxylation is 1. The second-order valence-electron chi connectivity index (χ2n) is 9.45. The molecule has 8 nitrogen and oxygen atoms in total. The van der Waals surface area contributed by atoms with Gasteiger partial charge in [-0.25, -0.2) is 4.98 Å². The number of piperazine rings is 1. The van der Waals surface area contributed by atoms with Gasteiger partial charge in [-0.1, -0.05) is 18.2 Å². The van der Waals surface area contributed by atoms with Crippen LogP contribution in [0.2, 0.25) is 0 Å². The summed E-state index contributed by atoms with van der Waals surface area (Å²) in [6.45, 7) is 7.35. The van der Waals surface area contributed by atoms with Gasteiger partial charge in [0.25, 0.3) is 0 Å². The van der Waals surface area contributed by atoms with Crippen molar-refractivity contribution in [1.29, 1.82) is 0 Å². The summed E-state index contributed by atoms with van der Waals surface area (Å²) in [6, 6.07) is 9.77. The molecule has 33 heavy (non-hydrogen) atoms. The number of ether oxygens (including phenoxy) is 1. The molecule has 1 aromatic heterocycles. The highest BCUT2D eigenvalue weighted by molar-refractivity contribution is 5.78. The highest BCUT2D eigenvalue weighted by atomic mass is 16.5. The van der Waals surface area contributed by atoms with Crippen molar-refractivity contribution in [2.24, 2.45) is 5.41 Å². The molecule has 2 saturated heterocycles. The molecule has 2 fully saturated rings. The minimum Gasteiger partial charge on any atom is -0.493 e. The maximum Gasteiger partial charge on any atom is 0.242 e. The van der Waals surface area contributed by atoms with E-state index in [2.05, 4.69) is 16.9 Å². The van der Waals surface area contributed by atoms with Crippen LogP contribution in [-0.2, 0) is 16.1 Å². The van der Waals surface area contributed by atoms with E-state index in [1.807, 2.05) is 57.8 Å². The average molecular weight is 454 g/mol. The average Bonchev–Trinajstić information content (AvgIpc) is 3.23. The maximum atomic E-state index is 13.2. The van der Waals surface area contributed by atoms with E-state index in [0.29, 0.717) is 32.7 Å². The summed E-state index contributed by atoms with van der Waals surface area (Å²) < 4.78 is 8.03. The molecular weight excluding hydrogens is 418 g/mol. The van der Waals surface area contributed by atoms with Gasteiger partial charge < -0.3 is 24.0 Å². The third-order valence-corrected chi connectivity index (χ3v) is 7.08. The molecule has 8 heteroatoms. The van der Waals surface area contributed by atoms with E-state index < -0.39 is 0 Å². The molecule has 0 spiro atoms. The predicted molar refractivity (Wildman–Crippen MR) is 126 cm³/mol. The van der Waals surface area contributed by atoms with Gasteiger partial charge in [0.05, 0.1) is 6.61 Å². The van der Waals surface area contributed by atoms with Crippen LogP contribution in [0.4, 0.5) is 0 Å².